The molecule has 38 heavy (non-hydrogen) atoms. The zero-order chi connectivity index (χ0) is 27.4. The van der Waals surface area contributed by atoms with Gasteiger partial charge in [0, 0.05) is 16.9 Å². The number of aromatic nitrogens is 4. The van der Waals surface area contributed by atoms with E-state index in [2.05, 4.69) is 36.7 Å². The van der Waals surface area contributed by atoms with Crippen LogP contribution in [0.5, 0.6) is 0 Å². The molecule has 0 radical (unpaired) electrons. The van der Waals surface area contributed by atoms with Crippen LogP contribution in [0.3, 0.4) is 0 Å². The lowest BCUT2D eigenvalue weighted by Gasteiger charge is -2.40. The Morgan fingerprint density at radius 2 is 2.05 bits per heavy atom. The van der Waals surface area contributed by atoms with Gasteiger partial charge in [0.15, 0.2) is 0 Å². The fourth-order valence-electron chi connectivity index (χ4n) is 4.58. The van der Waals surface area contributed by atoms with Crippen molar-refractivity contribution in [2.75, 3.05) is 16.8 Å². The Morgan fingerprint density at radius 1 is 1.26 bits per heavy atom. The first kappa shape index (κ1) is 27.8. The highest BCUT2D eigenvalue weighted by atomic mass is 79.9. The number of aliphatic hydroxyl groups is 1. The van der Waals surface area contributed by atoms with Gasteiger partial charge in [-0.1, -0.05) is 40.1 Å². The van der Waals surface area contributed by atoms with Crippen LogP contribution < -0.4 is 10.2 Å². The third-order valence-electron chi connectivity index (χ3n) is 6.29. The minimum atomic E-state index is -4.55. The number of hydrogen-bond donors (Lipinski definition) is 2. The molecule has 0 saturated heterocycles. The largest absolute Gasteiger partial charge is 0.449 e. The van der Waals surface area contributed by atoms with E-state index >= 15 is 0 Å². The number of anilines is 2. The average Bonchev–Trinajstić information content (AvgIpc) is 3.29. The third-order valence-corrected chi connectivity index (χ3v) is 6.78. The lowest BCUT2D eigenvalue weighted by Crippen LogP contribution is -2.46. The summed E-state index contributed by atoms with van der Waals surface area (Å²) in [6, 6.07) is 9.93. The third kappa shape index (κ3) is 6.44. The van der Waals surface area contributed by atoms with Crippen molar-refractivity contribution in [1.29, 1.82) is 0 Å². The number of ether oxygens (including phenoxy) is 1. The van der Waals surface area contributed by atoms with Gasteiger partial charge in [0.1, 0.15) is 0 Å². The molecule has 1 aliphatic heterocycles. The Kier molecular flexibility index (Phi) is 8.56. The minimum Gasteiger partial charge on any atom is -0.449 e. The molecule has 1 aliphatic rings. The van der Waals surface area contributed by atoms with E-state index in [1.807, 2.05) is 31.2 Å². The quantitative estimate of drug-likeness (QED) is 0.361. The highest BCUT2D eigenvalue weighted by Crippen LogP contribution is 2.42. The molecule has 2 heterocycles. The molecule has 4 rings (SSSR count). The Hall–Kier alpha value is -3.19. The molecule has 0 bridgehead atoms. The van der Waals surface area contributed by atoms with Crippen molar-refractivity contribution >= 4 is 33.7 Å². The van der Waals surface area contributed by atoms with Crippen molar-refractivity contribution in [2.24, 2.45) is 0 Å². The summed E-state index contributed by atoms with van der Waals surface area (Å²) in [5, 5.41) is 25.8. The van der Waals surface area contributed by atoms with E-state index in [0.717, 1.165) is 22.2 Å². The maximum absolute atomic E-state index is 13.5. The van der Waals surface area contributed by atoms with Gasteiger partial charge in [0.2, 0.25) is 0 Å². The molecule has 2 N–H and O–H groups in total. The van der Waals surface area contributed by atoms with Gasteiger partial charge in [0.25, 0.3) is 5.95 Å². The summed E-state index contributed by atoms with van der Waals surface area (Å²) in [6.07, 6.45) is -4.70. The lowest BCUT2D eigenvalue weighted by molar-refractivity contribution is -0.137. The van der Waals surface area contributed by atoms with Crippen molar-refractivity contribution in [3.63, 3.8) is 0 Å². The van der Waals surface area contributed by atoms with Crippen LogP contribution in [0.4, 0.5) is 29.6 Å². The van der Waals surface area contributed by atoms with Crippen molar-refractivity contribution < 1.29 is 27.8 Å². The molecule has 2 aromatic carbocycles. The maximum Gasteiger partial charge on any atom is 0.416 e. The number of fused-ring (bicyclic) bond motifs is 1. The van der Waals surface area contributed by atoms with E-state index < -0.39 is 30.0 Å². The number of nitrogens with one attached hydrogen (secondary N) is 1. The summed E-state index contributed by atoms with van der Waals surface area (Å²) in [6.45, 7) is 3.79. The topological polar surface area (TPSA) is 105 Å². The fourth-order valence-corrected chi connectivity index (χ4v) is 5.03. The van der Waals surface area contributed by atoms with Crippen LogP contribution in [0.2, 0.25) is 0 Å². The number of rotatable bonds is 8. The number of hydrogen-bond acceptors (Lipinski definition) is 7. The summed E-state index contributed by atoms with van der Waals surface area (Å²) in [5.41, 5.74) is 0.725. The predicted octanol–water partition coefficient (Wildman–Crippen LogP) is 5.36. The normalized spacial score (nSPS) is 18.1. The molecular formula is C25H28BrF3N6O3. The zero-order valence-electron chi connectivity index (χ0n) is 20.8. The first-order valence-corrected chi connectivity index (χ1v) is 13.0. The van der Waals surface area contributed by atoms with Crippen LogP contribution in [0.1, 0.15) is 49.4 Å². The summed E-state index contributed by atoms with van der Waals surface area (Å²) in [5.74, 6) is 0.104. The summed E-state index contributed by atoms with van der Waals surface area (Å²) >= 11 is 3.40. The van der Waals surface area contributed by atoms with Crippen molar-refractivity contribution in [3.05, 3.63) is 63.6 Å². The van der Waals surface area contributed by atoms with Gasteiger partial charge in [-0.25, -0.2) is 4.79 Å². The van der Waals surface area contributed by atoms with E-state index in [-0.39, 0.29) is 30.7 Å². The molecule has 0 spiro atoms. The number of tetrazole rings is 1. The number of carbonyl (C=O) groups is 1. The monoisotopic (exact) mass is 596 g/mol. The Labute approximate surface area is 226 Å². The van der Waals surface area contributed by atoms with E-state index in [1.165, 1.54) is 15.8 Å². The molecule has 0 aliphatic carbocycles. The molecule has 13 heteroatoms. The minimum absolute atomic E-state index is 0.0783. The van der Waals surface area contributed by atoms with E-state index in [1.54, 1.807) is 6.92 Å². The fraction of sp³-hybridized carbons (Fsp3) is 0.440. The molecule has 0 fully saturated rings. The Balaban J connectivity index is 1.56. The number of benzene rings is 2. The highest BCUT2D eigenvalue weighted by molar-refractivity contribution is 9.10. The molecule has 9 nitrogen and oxygen atoms in total. The number of halogens is 4. The van der Waals surface area contributed by atoms with Crippen molar-refractivity contribution in [2.45, 2.75) is 64.0 Å². The van der Waals surface area contributed by atoms with Gasteiger partial charge in [0.05, 0.1) is 36.5 Å². The highest BCUT2D eigenvalue weighted by Gasteiger charge is 2.39. The second kappa shape index (κ2) is 11.7. The predicted molar refractivity (Wildman–Crippen MR) is 138 cm³/mol. The first-order chi connectivity index (χ1) is 18.1. The number of aliphatic hydroxyl groups excluding tert-OH is 1. The molecule has 3 aromatic rings. The van der Waals surface area contributed by atoms with Gasteiger partial charge in [-0.2, -0.15) is 18.0 Å². The molecule has 0 saturated carbocycles. The van der Waals surface area contributed by atoms with Crippen LogP contribution in [0, 0.1) is 0 Å². The second-order valence-electron chi connectivity index (χ2n) is 8.99. The van der Waals surface area contributed by atoms with E-state index in [0.29, 0.717) is 24.9 Å². The van der Waals surface area contributed by atoms with Gasteiger partial charge in [-0.05, 0) is 66.4 Å². The van der Waals surface area contributed by atoms with Crippen LogP contribution in [-0.2, 0) is 23.9 Å². The smallest absolute Gasteiger partial charge is 0.416 e. The van der Waals surface area contributed by atoms with E-state index in [9.17, 15) is 23.1 Å². The van der Waals surface area contributed by atoms with Crippen LogP contribution >= 0.6 is 15.9 Å². The van der Waals surface area contributed by atoms with Crippen molar-refractivity contribution in [3.8, 4) is 0 Å². The second-order valence-corrected chi connectivity index (χ2v) is 9.91. The Morgan fingerprint density at radius 3 is 2.74 bits per heavy atom. The number of amides is 1. The van der Waals surface area contributed by atoms with Gasteiger partial charge in [-0.15, -0.1) is 5.10 Å². The van der Waals surface area contributed by atoms with Gasteiger partial charge >= 0.3 is 12.3 Å². The summed E-state index contributed by atoms with van der Waals surface area (Å²) < 4.78 is 46.7. The molecule has 1 aromatic heterocycles. The lowest BCUT2D eigenvalue weighted by atomic mass is 9.89. The van der Waals surface area contributed by atoms with Crippen molar-refractivity contribution in [1.82, 2.24) is 20.2 Å². The summed E-state index contributed by atoms with van der Waals surface area (Å²) in [4.78, 5) is 15.4. The first-order valence-electron chi connectivity index (χ1n) is 12.2. The Bertz CT molecular complexity index is 1270. The molecular weight excluding hydrogens is 569 g/mol. The molecule has 204 valence electrons. The van der Waals surface area contributed by atoms with Gasteiger partial charge < -0.3 is 15.2 Å². The SMILES string of the molecule is CCOC(=O)N1c2ccc(C(F)(F)F)cc2[C@@H](Nc2nnn(CC(O)Cc3cccc(Br)c3)n2)C[C@H]1CC. The zero-order valence-corrected chi connectivity index (χ0v) is 22.4. The van der Waals surface area contributed by atoms with Crippen LogP contribution in [0.25, 0.3) is 0 Å². The van der Waals surface area contributed by atoms with Crippen LogP contribution in [-0.4, -0.2) is 50.2 Å². The molecule has 1 unspecified atom stereocenters. The maximum atomic E-state index is 13.5. The number of alkyl halides is 3. The molecule has 1 amide bonds. The van der Waals surface area contributed by atoms with Crippen LogP contribution in [0.15, 0.2) is 46.9 Å². The average molecular weight is 597 g/mol. The summed E-state index contributed by atoms with van der Waals surface area (Å²) in [7, 11) is 0. The van der Waals surface area contributed by atoms with Gasteiger partial charge in [-0.3, -0.25) is 4.90 Å². The standard InChI is InChI=1S/C25H28BrF3N6O3/c1-3-18-13-21(20-12-16(25(27,28)29)8-9-22(20)35(18)24(37)38-4-2)30-23-31-33-34(32-23)14-19(36)11-15-6-5-7-17(26)10-15/h5-10,12,18-19,21,36H,3-4,11,13-14H2,1-2H3,(H,30,32)/t18-,19?,21+/m1/s1. The number of nitrogens with zero attached hydrogens (tertiary/aromatic N) is 5. The number of carbonyl (C=O) groups excluding carboxylic acids is 1. The molecule has 3 atom stereocenters. The van der Waals surface area contributed by atoms with E-state index in [4.69, 9.17) is 4.74 Å².